The molecule has 2 aliphatic rings. The van der Waals surface area contributed by atoms with Gasteiger partial charge in [-0.25, -0.2) is 0 Å². The van der Waals surface area contributed by atoms with Crippen LogP contribution in [0.2, 0.25) is 0 Å². The molecule has 3 aromatic rings. The number of phenolic OH excluding ortho intramolecular Hbond substituents is 1. The minimum atomic E-state index is 0.167. The first-order valence-electron chi connectivity index (χ1n) is 9.57. The molecule has 6 heteroatoms. The van der Waals surface area contributed by atoms with E-state index in [4.69, 9.17) is 4.74 Å². The number of aromatic hydroxyl groups is 1. The molecule has 27 heavy (non-hydrogen) atoms. The number of aromatic amines is 1. The van der Waals surface area contributed by atoms with E-state index in [0.29, 0.717) is 17.1 Å². The van der Waals surface area contributed by atoms with Crippen LogP contribution in [0.1, 0.15) is 32.1 Å². The highest BCUT2D eigenvalue weighted by atomic mass is 16.5. The van der Waals surface area contributed by atoms with Crippen molar-refractivity contribution < 1.29 is 9.84 Å². The number of hydrogen-bond donors (Lipinski definition) is 2. The summed E-state index contributed by atoms with van der Waals surface area (Å²) in [6.45, 7) is 0. The predicted octanol–water partition coefficient (Wildman–Crippen LogP) is 4.20. The Balaban J connectivity index is 1.31. The van der Waals surface area contributed by atoms with Crippen molar-refractivity contribution >= 4 is 0 Å². The van der Waals surface area contributed by atoms with Crippen LogP contribution in [0.3, 0.4) is 0 Å². The van der Waals surface area contributed by atoms with Gasteiger partial charge in [-0.15, -0.1) is 10.2 Å². The van der Waals surface area contributed by atoms with Gasteiger partial charge in [-0.3, -0.25) is 5.10 Å². The van der Waals surface area contributed by atoms with Crippen molar-refractivity contribution in [2.45, 2.75) is 38.2 Å². The zero-order valence-electron chi connectivity index (χ0n) is 15.0. The number of benzene rings is 1. The van der Waals surface area contributed by atoms with Crippen LogP contribution in [0.25, 0.3) is 22.4 Å². The van der Waals surface area contributed by atoms with E-state index in [1.165, 1.54) is 19.3 Å². The average molecular weight is 362 g/mol. The SMILES string of the molecule is Oc1cc(-c2cn[nH]c2)ccc1-c1ccc(O[C@@H]2C[C@@H]3CC[C@@H](C3)C2)nn1. The first-order valence-corrected chi connectivity index (χ1v) is 9.57. The van der Waals surface area contributed by atoms with E-state index in [1.54, 1.807) is 18.5 Å². The Morgan fingerprint density at radius 3 is 2.48 bits per heavy atom. The molecule has 2 heterocycles. The molecule has 2 aromatic heterocycles. The number of ether oxygens (including phenoxy) is 1. The molecule has 0 amide bonds. The number of rotatable bonds is 4. The first-order chi connectivity index (χ1) is 13.2. The van der Waals surface area contributed by atoms with Gasteiger partial charge in [0, 0.05) is 23.4 Å². The number of aromatic nitrogens is 4. The van der Waals surface area contributed by atoms with Crippen molar-refractivity contribution in [3.8, 4) is 34.0 Å². The Morgan fingerprint density at radius 1 is 0.963 bits per heavy atom. The third-order valence-corrected chi connectivity index (χ3v) is 5.88. The molecule has 2 saturated carbocycles. The summed E-state index contributed by atoms with van der Waals surface area (Å²) in [6.07, 6.45) is 10.1. The summed E-state index contributed by atoms with van der Waals surface area (Å²) >= 11 is 0. The van der Waals surface area contributed by atoms with Crippen molar-refractivity contribution in [1.82, 2.24) is 20.4 Å². The fourth-order valence-corrected chi connectivity index (χ4v) is 4.58. The van der Waals surface area contributed by atoms with Crippen LogP contribution < -0.4 is 4.74 Å². The number of phenols is 1. The van der Waals surface area contributed by atoms with Crippen LogP contribution in [-0.2, 0) is 0 Å². The predicted molar refractivity (Wildman–Crippen MR) is 101 cm³/mol. The van der Waals surface area contributed by atoms with Crippen LogP contribution in [-0.4, -0.2) is 31.6 Å². The van der Waals surface area contributed by atoms with Gasteiger partial charge in [0.1, 0.15) is 11.9 Å². The molecule has 138 valence electrons. The largest absolute Gasteiger partial charge is 0.507 e. The third-order valence-electron chi connectivity index (χ3n) is 5.88. The van der Waals surface area contributed by atoms with E-state index in [0.717, 1.165) is 35.8 Å². The molecule has 5 rings (SSSR count). The molecule has 0 saturated heterocycles. The third kappa shape index (κ3) is 3.27. The summed E-state index contributed by atoms with van der Waals surface area (Å²) in [6, 6.07) is 9.20. The summed E-state index contributed by atoms with van der Waals surface area (Å²) in [7, 11) is 0. The zero-order chi connectivity index (χ0) is 18.2. The number of H-pyrrole nitrogens is 1. The fraction of sp³-hybridized carbons (Fsp3) is 0.381. The summed E-state index contributed by atoms with van der Waals surface area (Å²) in [5.41, 5.74) is 3.09. The molecule has 0 radical (unpaired) electrons. The van der Waals surface area contributed by atoms with Crippen LogP contribution in [0.4, 0.5) is 0 Å². The number of hydrogen-bond acceptors (Lipinski definition) is 5. The molecule has 0 aliphatic heterocycles. The van der Waals surface area contributed by atoms with Crippen molar-refractivity contribution in [2.75, 3.05) is 0 Å². The molecule has 2 N–H and O–H groups in total. The van der Waals surface area contributed by atoms with Crippen molar-refractivity contribution in [3.05, 3.63) is 42.7 Å². The highest BCUT2D eigenvalue weighted by Gasteiger charge is 2.35. The molecular formula is C21H22N4O2. The van der Waals surface area contributed by atoms with Gasteiger partial charge in [0.05, 0.1) is 11.9 Å². The maximum absolute atomic E-state index is 10.4. The van der Waals surface area contributed by atoms with E-state index in [1.807, 2.05) is 24.3 Å². The highest BCUT2D eigenvalue weighted by Crippen LogP contribution is 2.43. The molecular weight excluding hydrogens is 340 g/mol. The lowest BCUT2D eigenvalue weighted by Crippen LogP contribution is -2.26. The molecule has 2 fully saturated rings. The summed E-state index contributed by atoms with van der Waals surface area (Å²) < 4.78 is 6.08. The van der Waals surface area contributed by atoms with Gasteiger partial charge in [-0.1, -0.05) is 18.9 Å². The standard InChI is InChI=1S/C21H22N4O2/c26-20-10-15(16-11-22-23-12-16)3-4-18(20)19-5-6-21(25-24-19)27-17-8-13-1-2-14(7-13)9-17/h3-6,10-14,17,26H,1-2,7-9H2,(H,22,23)/t13-,14+,17-. The summed E-state index contributed by atoms with van der Waals surface area (Å²) in [4.78, 5) is 0. The van der Waals surface area contributed by atoms with Gasteiger partial charge in [0.2, 0.25) is 5.88 Å². The van der Waals surface area contributed by atoms with E-state index in [2.05, 4.69) is 20.4 Å². The Morgan fingerprint density at radius 2 is 1.81 bits per heavy atom. The molecule has 2 aliphatic carbocycles. The molecule has 3 atom stereocenters. The summed E-state index contributed by atoms with van der Waals surface area (Å²) in [5.74, 6) is 2.39. The Kier molecular flexibility index (Phi) is 4.03. The zero-order valence-corrected chi connectivity index (χ0v) is 15.0. The van der Waals surface area contributed by atoms with E-state index in [9.17, 15) is 5.11 Å². The van der Waals surface area contributed by atoms with Gasteiger partial charge >= 0.3 is 0 Å². The van der Waals surface area contributed by atoms with Crippen molar-refractivity contribution in [2.24, 2.45) is 11.8 Å². The average Bonchev–Trinajstić information content (AvgIpc) is 3.32. The van der Waals surface area contributed by atoms with Gasteiger partial charge < -0.3 is 9.84 Å². The smallest absolute Gasteiger partial charge is 0.233 e. The first kappa shape index (κ1) is 16.3. The Bertz CT molecular complexity index is 912. The van der Waals surface area contributed by atoms with Crippen molar-refractivity contribution in [3.63, 3.8) is 0 Å². The number of fused-ring (bicyclic) bond motifs is 2. The second kappa shape index (κ2) is 6.68. The Labute approximate surface area is 157 Å². The summed E-state index contributed by atoms with van der Waals surface area (Å²) in [5, 5.41) is 25.6. The molecule has 0 unspecified atom stereocenters. The van der Waals surface area contributed by atoms with Gasteiger partial charge in [0.15, 0.2) is 0 Å². The van der Waals surface area contributed by atoms with Crippen LogP contribution in [0.5, 0.6) is 11.6 Å². The molecule has 2 bridgehead atoms. The van der Waals surface area contributed by atoms with E-state index < -0.39 is 0 Å². The minimum absolute atomic E-state index is 0.167. The normalized spacial score (nSPS) is 24.1. The minimum Gasteiger partial charge on any atom is -0.507 e. The number of nitrogens with one attached hydrogen (secondary N) is 1. The highest BCUT2D eigenvalue weighted by molar-refractivity contribution is 5.73. The second-order valence-corrected chi connectivity index (χ2v) is 7.73. The number of nitrogens with zero attached hydrogens (tertiary/aromatic N) is 3. The molecule has 1 aromatic carbocycles. The maximum atomic E-state index is 10.4. The Hall–Kier alpha value is -2.89. The lowest BCUT2D eigenvalue weighted by atomic mass is 9.87. The van der Waals surface area contributed by atoms with E-state index in [-0.39, 0.29) is 11.9 Å². The van der Waals surface area contributed by atoms with Crippen LogP contribution in [0, 0.1) is 11.8 Å². The van der Waals surface area contributed by atoms with Crippen LogP contribution in [0.15, 0.2) is 42.7 Å². The topological polar surface area (TPSA) is 83.9 Å². The van der Waals surface area contributed by atoms with Crippen molar-refractivity contribution in [1.29, 1.82) is 0 Å². The van der Waals surface area contributed by atoms with Crippen LogP contribution >= 0.6 is 0 Å². The molecule has 0 spiro atoms. The quantitative estimate of drug-likeness (QED) is 0.727. The van der Waals surface area contributed by atoms with E-state index >= 15 is 0 Å². The maximum Gasteiger partial charge on any atom is 0.233 e. The fourth-order valence-electron chi connectivity index (χ4n) is 4.58. The lowest BCUT2D eigenvalue weighted by molar-refractivity contribution is 0.113. The lowest BCUT2D eigenvalue weighted by Gasteiger charge is -2.27. The van der Waals surface area contributed by atoms with Gasteiger partial charge in [-0.2, -0.15) is 5.10 Å². The molecule has 6 nitrogen and oxygen atoms in total. The monoisotopic (exact) mass is 362 g/mol. The second-order valence-electron chi connectivity index (χ2n) is 7.73. The van der Waals surface area contributed by atoms with Gasteiger partial charge in [0.25, 0.3) is 0 Å². The van der Waals surface area contributed by atoms with Gasteiger partial charge in [-0.05, 0) is 54.9 Å².